The second kappa shape index (κ2) is 7.94. The van der Waals surface area contributed by atoms with Crippen molar-refractivity contribution in [3.05, 3.63) is 82.9 Å². The van der Waals surface area contributed by atoms with Crippen molar-refractivity contribution < 1.29 is 14.3 Å². The summed E-state index contributed by atoms with van der Waals surface area (Å²) in [5.74, 6) is 1.56. The maximum atomic E-state index is 12.4. The minimum Gasteiger partial charge on any atom is -0.496 e. The molecule has 0 saturated heterocycles. The maximum Gasteiger partial charge on any atom is 0.253 e. The van der Waals surface area contributed by atoms with Gasteiger partial charge < -0.3 is 19.7 Å². The van der Waals surface area contributed by atoms with Gasteiger partial charge in [0.05, 0.1) is 18.2 Å². The Morgan fingerprint density at radius 3 is 2.44 bits per heavy atom. The van der Waals surface area contributed by atoms with Crippen LogP contribution in [0.5, 0.6) is 11.5 Å². The number of nitrogens with zero attached hydrogens (tertiary/aromatic N) is 1. The highest BCUT2D eigenvalue weighted by molar-refractivity contribution is 5.94. The van der Waals surface area contributed by atoms with E-state index in [2.05, 4.69) is 44.3 Å². The number of methoxy groups -OCH3 is 1. The van der Waals surface area contributed by atoms with Crippen molar-refractivity contribution in [2.45, 2.75) is 32.4 Å². The molecule has 2 heterocycles. The molecule has 1 atom stereocenters. The number of anilines is 1. The van der Waals surface area contributed by atoms with Crippen LogP contribution < -0.4 is 14.8 Å². The van der Waals surface area contributed by atoms with E-state index in [9.17, 15) is 4.79 Å². The number of ether oxygens (including phenoxy) is 2. The van der Waals surface area contributed by atoms with Crippen molar-refractivity contribution in [1.82, 2.24) is 4.90 Å². The van der Waals surface area contributed by atoms with Gasteiger partial charge in [-0.05, 0) is 67.8 Å². The second-order valence-electron chi connectivity index (χ2n) is 9.78. The van der Waals surface area contributed by atoms with Crippen molar-refractivity contribution >= 4 is 17.2 Å². The standard InChI is InChI=1S/C29H30N2O3/c1-17-16-29(2,3)30-21-15-14-20-25-22(33-6)8-7-9-23(25)34-27(26(20)24(17)21)18-10-12-19(13-11-18)28(32)31(4)5/h7-16,27,30H,1-6H3. The lowest BCUT2D eigenvalue weighted by Crippen LogP contribution is -2.32. The van der Waals surface area contributed by atoms with Crippen LogP contribution in [-0.2, 0) is 0 Å². The molecule has 1 amide bonds. The molecule has 1 N–H and O–H groups in total. The van der Waals surface area contributed by atoms with Gasteiger partial charge in [-0.15, -0.1) is 0 Å². The summed E-state index contributed by atoms with van der Waals surface area (Å²) in [5.41, 5.74) is 8.15. The number of rotatable bonds is 3. The number of carbonyl (C=O) groups excluding carboxylic acids is 1. The van der Waals surface area contributed by atoms with Crippen LogP contribution in [0.15, 0.2) is 60.7 Å². The molecule has 5 heteroatoms. The summed E-state index contributed by atoms with van der Waals surface area (Å²) in [7, 11) is 5.21. The summed E-state index contributed by atoms with van der Waals surface area (Å²) < 4.78 is 12.4. The third kappa shape index (κ3) is 3.52. The topological polar surface area (TPSA) is 50.8 Å². The van der Waals surface area contributed by atoms with E-state index in [1.54, 1.807) is 26.1 Å². The largest absolute Gasteiger partial charge is 0.496 e. The fourth-order valence-electron chi connectivity index (χ4n) is 5.16. The average Bonchev–Trinajstić information content (AvgIpc) is 2.81. The minimum absolute atomic E-state index is 0.0193. The first-order valence-electron chi connectivity index (χ1n) is 11.5. The lowest BCUT2D eigenvalue weighted by atomic mass is 9.80. The van der Waals surface area contributed by atoms with Crippen LogP contribution in [0.25, 0.3) is 16.7 Å². The molecular weight excluding hydrogens is 424 g/mol. The first-order chi connectivity index (χ1) is 16.2. The Labute approximate surface area is 201 Å². The third-order valence-electron chi connectivity index (χ3n) is 6.52. The molecule has 2 aliphatic rings. The summed E-state index contributed by atoms with van der Waals surface area (Å²) in [4.78, 5) is 14.0. The van der Waals surface area contributed by atoms with E-state index in [1.165, 1.54) is 5.57 Å². The van der Waals surface area contributed by atoms with Crippen LogP contribution in [0.4, 0.5) is 5.69 Å². The highest BCUT2D eigenvalue weighted by Gasteiger charge is 2.35. The Bertz CT molecular complexity index is 1320. The van der Waals surface area contributed by atoms with Gasteiger partial charge in [-0.2, -0.15) is 0 Å². The van der Waals surface area contributed by atoms with E-state index >= 15 is 0 Å². The van der Waals surface area contributed by atoms with Crippen molar-refractivity contribution in [3.63, 3.8) is 0 Å². The number of fused-ring (bicyclic) bond motifs is 5. The molecule has 0 aliphatic carbocycles. The van der Waals surface area contributed by atoms with Gasteiger partial charge in [0.25, 0.3) is 5.91 Å². The molecule has 2 aliphatic heterocycles. The SMILES string of the molecule is COc1cccc2c1-c1ccc3c(c1C(c1ccc(C(=O)N(C)C)cc1)O2)C(C)=CC(C)(C)N3. The van der Waals surface area contributed by atoms with E-state index in [1.807, 2.05) is 42.5 Å². The monoisotopic (exact) mass is 454 g/mol. The first-order valence-corrected chi connectivity index (χ1v) is 11.5. The van der Waals surface area contributed by atoms with Crippen molar-refractivity contribution in [2.24, 2.45) is 0 Å². The molecule has 34 heavy (non-hydrogen) atoms. The Morgan fingerprint density at radius 1 is 1.03 bits per heavy atom. The molecule has 3 aromatic carbocycles. The van der Waals surface area contributed by atoms with E-state index in [0.29, 0.717) is 5.56 Å². The van der Waals surface area contributed by atoms with Gasteiger partial charge in [0.1, 0.15) is 11.5 Å². The van der Waals surface area contributed by atoms with E-state index in [4.69, 9.17) is 9.47 Å². The first kappa shape index (κ1) is 22.1. The minimum atomic E-state index is -0.320. The summed E-state index contributed by atoms with van der Waals surface area (Å²) in [6, 6.07) is 18.0. The normalized spacial score (nSPS) is 17.2. The van der Waals surface area contributed by atoms with Gasteiger partial charge in [-0.25, -0.2) is 0 Å². The van der Waals surface area contributed by atoms with Crippen molar-refractivity contribution in [1.29, 1.82) is 0 Å². The summed E-state index contributed by atoms with van der Waals surface area (Å²) in [6.07, 6.45) is 1.95. The molecule has 0 aromatic heterocycles. The predicted octanol–water partition coefficient (Wildman–Crippen LogP) is 6.15. The van der Waals surface area contributed by atoms with Crippen molar-refractivity contribution in [3.8, 4) is 22.6 Å². The van der Waals surface area contributed by atoms with Gasteiger partial charge >= 0.3 is 0 Å². The third-order valence-corrected chi connectivity index (χ3v) is 6.52. The van der Waals surface area contributed by atoms with Crippen LogP contribution in [0.1, 0.15) is 53.9 Å². The zero-order valence-electron chi connectivity index (χ0n) is 20.5. The van der Waals surface area contributed by atoms with Gasteiger partial charge in [0.2, 0.25) is 0 Å². The fourth-order valence-corrected chi connectivity index (χ4v) is 5.16. The molecule has 1 unspecified atom stereocenters. The lowest BCUT2D eigenvalue weighted by Gasteiger charge is -2.37. The Hall–Kier alpha value is -3.73. The highest BCUT2D eigenvalue weighted by Crippen LogP contribution is 2.53. The maximum absolute atomic E-state index is 12.4. The second-order valence-corrected chi connectivity index (χ2v) is 9.78. The number of benzene rings is 3. The number of nitrogens with one attached hydrogen (secondary N) is 1. The Kier molecular flexibility index (Phi) is 5.16. The zero-order chi connectivity index (χ0) is 24.2. The van der Waals surface area contributed by atoms with Crippen LogP contribution in [-0.4, -0.2) is 37.6 Å². The van der Waals surface area contributed by atoms with Crippen molar-refractivity contribution in [2.75, 3.05) is 26.5 Å². The van der Waals surface area contributed by atoms with E-state index in [-0.39, 0.29) is 17.6 Å². The number of allylic oxidation sites excluding steroid dienone is 1. The Balaban J connectivity index is 1.73. The molecule has 5 rings (SSSR count). The molecule has 0 bridgehead atoms. The number of hydrogen-bond donors (Lipinski definition) is 1. The fraction of sp³-hybridized carbons (Fsp3) is 0.276. The molecule has 174 valence electrons. The molecule has 0 fully saturated rings. The molecule has 0 saturated carbocycles. The lowest BCUT2D eigenvalue weighted by molar-refractivity contribution is 0.0827. The van der Waals surface area contributed by atoms with Gasteiger partial charge in [-0.1, -0.05) is 30.3 Å². The molecule has 0 spiro atoms. The molecular formula is C29H30N2O3. The Morgan fingerprint density at radius 2 is 1.76 bits per heavy atom. The van der Waals surface area contributed by atoms with Crippen LogP contribution >= 0.6 is 0 Å². The molecule has 0 radical (unpaired) electrons. The zero-order valence-corrected chi connectivity index (χ0v) is 20.5. The van der Waals surface area contributed by atoms with E-state index in [0.717, 1.165) is 45.0 Å². The number of hydrogen-bond acceptors (Lipinski definition) is 4. The summed E-state index contributed by atoms with van der Waals surface area (Å²) in [5, 5.41) is 3.66. The molecule has 3 aromatic rings. The average molecular weight is 455 g/mol. The van der Waals surface area contributed by atoms with Gasteiger partial charge in [0.15, 0.2) is 6.10 Å². The molecule has 5 nitrogen and oxygen atoms in total. The van der Waals surface area contributed by atoms with Crippen LogP contribution in [0.3, 0.4) is 0 Å². The number of amides is 1. The van der Waals surface area contributed by atoms with Crippen LogP contribution in [0, 0.1) is 0 Å². The summed E-state index contributed by atoms with van der Waals surface area (Å²) in [6.45, 7) is 6.51. The predicted molar refractivity (Wildman–Crippen MR) is 137 cm³/mol. The van der Waals surface area contributed by atoms with Crippen LogP contribution in [0.2, 0.25) is 0 Å². The van der Waals surface area contributed by atoms with E-state index < -0.39 is 0 Å². The highest BCUT2D eigenvalue weighted by atomic mass is 16.5. The number of carbonyl (C=O) groups is 1. The van der Waals surface area contributed by atoms with Gasteiger partial charge in [0, 0.05) is 36.5 Å². The van der Waals surface area contributed by atoms with Gasteiger partial charge in [-0.3, -0.25) is 4.79 Å². The quantitative estimate of drug-likeness (QED) is 0.515. The summed E-state index contributed by atoms with van der Waals surface area (Å²) >= 11 is 0. The smallest absolute Gasteiger partial charge is 0.253 e.